The normalized spacial score (nSPS) is 12.2. The van der Waals surface area contributed by atoms with Crippen LogP contribution in [0.4, 0.5) is 0 Å². The SMILES string of the molecule is Cc1cc2cc3c(ccc4c5cc6cc(C)oc6cc5ccc34)cc2o1. The summed E-state index contributed by atoms with van der Waals surface area (Å²) in [6.07, 6.45) is 0. The van der Waals surface area contributed by atoms with Crippen molar-refractivity contribution < 1.29 is 8.83 Å². The largest absolute Gasteiger partial charge is 0.461 e. The van der Waals surface area contributed by atoms with Gasteiger partial charge in [0.1, 0.15) is 22.7 Å². The van der Waals surface area contributed by atoms with E-state index in [1.807, 2.05) is 13.8 Å². The zero-order valence-electron chi connectivity index (χ0n) is 14.6. The van der Waals surface area contributed by atoms with Gasteiger partial charge in [0.15, 0.2) is 0 Å². The van der Waals surface area contributed by atoms with Crippen LogP contribution in [0.2, 0.25) is 0 Å². The van der Waals surface area contributed by atoms with Gasteiger partial charge in [-0.25, -0.2) is 0 Å². The van der Waals surface area contributed by atoms with Crippen LogP contribution >= 0.6 is 0 Å². The van der Waals surface area contributed by atoms with Crippen molar-refractivity contribution in [2.24, 2.45) is 0 Å². The summed E-state index contributed by atoms with van der Waals surface area (Å²) >= 11 is 0. The Balaban J connectivity index is 1.79. The lowest BCUT2D eigenvalue weighted by molar-refractivity contribution is 0.578. The zero-order chi connectivity index (χ0) is 17.4. The summed E-state index contributed by atoms with van der Waals surface area (Å²) in [7, 11) is 0. The van der Waals surface area contributed by atoms with Crippen molar-refractivity contribution in [2.75, 3.05) is 0 Å². The molecule has 26 heavy (non-hydrogen) atoms. The topological polar surface area (TPSA) is 26.3 Å². The molecule has 2 heteroatoms. The number of aryl methyl sites for hydroxylation is 2. The van der Waals surface area contributed by atoms with Crippen molar-refractivity contribution in [1.82, 2.24) is 0 Å². The fraction of sp³-hybridized carbons (Fsp3) is 0.0833. The summed E-state index contributed by atoms with van der Waals surface area (Å²) in [5.41, 5.74) is 1.90. The standard InChI is InChI=1S/C24H16O2/c1-13-7-17-9-21-15(11-23(17)25-13)3-5-20-19(21)6-4-16-12-24-18(10-22(16)20)8-14(2)26-24/h3-12H,1-2H3. The number of hydrogen-bond donors (Lipinski definition) is 0. The third-order valence-corrected chi connectivity index (χ3v) is 5.35. The highest BCUT2D eigenvalue weighted by atomic mass is 16.3. The van der Waals surface area contributed by atoms with Gasteiger partial charge < -0.3 is 8.83 Å². The summed E-state index contributed by atoms with van der Waals surface area (Å²) in [4.78, 5) is 0. The zero-order valence-corrected chi connectivity index (χ0v) is 14.6. The van der Waals surface area contributed by atoms with Gasteiger partial charge in [-0.1, -0.05) is 24.3 Å². The van der Waals surface area contributed by atoms with E-state index in [1.54, 1.807) is 0 Å². The van der Waals surface area contributed by atoms with Crippen LogP contribution in [0.5, 0.6) is 0 Å². The van der Waals surface area contributed by atoms with E-state index in [2.05, 4.69) is 60.7 Å². The van der Waals surface area contributed by atoms with E-state index in [4.69, 9.17) is 8.83 Å². The lowest BCUT2D eigenvalue weighted by Gasteiger charge is -2.08. The van der Waals surface area contributed by atoms with Gasteiger partial charge in [-0.2, -0.15) is 0 Å². The maximum absolute atomic E-state index is 5.80. The molecule has 0 radical (unpaired) electrons. The van der Waals surface area contributed by atoms with Crippen LogP contribution in [0.15, 0.2) is 69.5 Å². The molecule has 0 atom stereocenters. The molecular formula is C24H16O2. The molecule has 0 bridgehead atoms. The Labute approximate surface area is 149 Å². The van der Waals surface area contributed by atoms with Crippen LogP contribution < -0.4 is 0 Å². The van der Waals surface area contributed by atoms with Gasteiger partial charge in [0.25, 0.3) is 0 Å². The van der Waals surface area contributed by atoms with Gasteiger partial charge in [0.05, 0.1) is 0 Å². The van der Waals surface area contributed by atoms with Gasteiger partial charge in [-0.15, -0.1) is 0 Å². The maximum Gasteiger partial charge on any atom is 0.134 e. The molecule has 2 aromatic heterocycles. The number of benzene rings is 4. The first kappa shape index (κ1) is 14.0. The van der Waals surface area contributed by atoms with Gasteiger partial charge in [0, 0.05) is 10.8 Å². The summed E-state index contributed by atoms with van der Waals surface area (Å²) in [5.74, 6) is 1.89. The first-order valence-corrected chi connectivity index (χ1v) is 8.85. The molecule has 0 aliphatic rings. The second kappa shape index (κ2) is 4.67. The van der Waals surface area contributed by atoms with Crippen molar-refractivity contribution in [3.05, 3.63) is 72.2 Å². The fourth-order valence-electron chi connectivity index (χ4n) is 4.21. The van der Waals surface area contributed by atoms with Crippen LogP contribution in [0, 0.1) is 13.8 Å². The molecule has 0 N–H and O–H groups in total. The highest BCUT2D eigenvalue weighted by Crippen LogP contribution is 2.36. The smallest absolute Gasteiger partial charge is 0.134 e. The van der Waals surface area contributed by atoms with Gasteiger partial charge in [0.2, 0.25) is 0 Å². The predicted octanol–water partition coefficient (Wildman–Crippen LogP) is 7.26. The predicted molar refractivity (Wildman–Crippen MR) is 108 cm³/mol. The maximum atomic E-state index is 5.80. The molecule has 0 spiro atoms. The molecule has 4 aromatic carbocycles. The molecule has 0 saturated carbocycles. The van der Waals surface area contributed by atoms with Gasteiger partial charge in [-0.05, 0) is 82.6 Å². The van der Waals surface area contributed by atoms with Crippen molar-refractivity contribution in [1.29, 1.82) is 0 Å². The van der Waals surface area contributed by atoms with Crippen molar-refractivity contribution in [2.45, 2.75) is 13.8 Å². The van der Waals surface area contributed by atoms with E-state index in [1.165, 1.54) is 32.3 Å². The number of fused-ring (bicyclic) bond motifs is 7. The average molecular weight is 336 g/mol. The summed E-state index contributed by atoms with van der Waals surface area (Å²) in [6, 6.07) is 21.8. The molecular weight excluding hydrogens is 320 g/mol. The minimum absolute atomic E-state index is 0.947. The second-order valence-electron chi connectivity index (χ2n) is 7.16. The van der Waals surface area contributed by atoms with E-state index in [9.17, 15) is 0 Å². The Kier molecular flexibility index (Phi) is 2.51. The van der Waals surface area contributed by atoms with Crippen LogP contribution in [0.25, 0.3) is 54.3 Å². The van der Waals surface area contributed by atoms with Crippen LogP contribution in [-0.2, 0) is 0 Å². The summed E-state index contributed by atoms with van der Waals surface area (Å²) in [5, 5.41) is 9.80. The molecule has 0 fully saturated rings. The van der Waals surface area contributed by atoms with Crippen LogP contribution in [0.1, 0.15) is 11.5 Å². The van der Waals surface area contributed by atoms with E-state index in [0.29, 0.717) is 0 Å². The van der Waals surface area contributed by atoms with E-state index in [-0.39, 0.29) is 0 Å². The molecule has 6 aromatic rings. The lowest BCUT2D eigenvalue weighted by Crippen LogP contribution is -1.81. The summed E-state index contributed by atoms with van der Waals surface area (Å²) < 4.78 is 11.6. The first-order chi connectivity index (χ1) is 12.7. The molecule has 2 nitrogen and oxygen atoms in total. The third kappa shape index (κ3) is 1.81. The van der Waals surface area contributed by atoms with Crippen molar-refractivity contribution in [3.63, 3.8) is 0 Å². The Bertz CT molecular complexity index is 1380. The van der Waals surface area contributed by atoms with Crippen LogP contribution in [-0.4, -0.2) is 0 Å². The Morgan fingerprint density at radius 3 is 1.38 bits per heavy atom. The fourth-order valence-corrected chi connectivity index (χ4v) is 4.21. The Morgan fingerprint density at radius 1 is 0.462 bits per heavy atom. The third-order valence-electron chi connectivity index (χ3n) is 5.35. The molecule has 0 aliphatic heterocycles. The van der Waals surface area contributed by atoms with Crippen molar-refractivity contribution >= 4 is 54.3 Å². The van der Waals surface area contributed by atoms with Gasteiger partial charge >= 0.3 is 0 Å². The summed E-state index contributed by atoms with van der Waals surface area (Å²) in [6.45, 7) is 3.99. The van der Waals surface area contributed by atoms with E-state index >= 15 is 0 Å². The Hall–Kier alpha value is -3.26. The van der Waals surface area contributed by atoms with E-state index < -0.39 is 0 Å². The molecule has 0 aliphatic carbocycles. The molecule has 0 unspecified atom stereocenters. The lowest BCUT2D eigenvalue weighted by atomic mass is 9.96. The second-order valence-corrected chi connectivity index (χ2v) is 7.16. The molecule has 2 heterocycles. The number of hydrogen-bond acceptors (Lipinski definition) is 2. The molecule has 0 amide bonds. The van der Waals surface area contributed by atoms with Crippen LogP contribution in [0.3, 0.4) is 0 Å². The number of furan rings is 2. The Morgan fingerprint density at radius 2 is 0.923 bits per heavy atom. The van der Waals surface area contributed by atoms with E-state index in [0.717, 1.165) is 33.5 Å². The molecule has 0 saturated heterocycles. The average Bonchev–Trinajstić information content (AvgIpc) is 3.16. The highest BCUT2D eigenvalue weighted by molar-refractivity contribution is 6.20. The van der Waals surface area contributed by atoms with Gasteiger partial charge in [-0.3, -0.25) is 0 Å². The minimum Gasteiger partial charge on any atom is -0.461 e. The molecule has 6 rings (SSSR count). The quantitative estimate of drug-likeness (QED) is 0.273. The van der Waals surface area contributed by atoms with Crippen molar-refractivity contribution in [3.8, 4) is 0 Å². The molecule has 124 valence electrons. The highest BCUT2D eigenvalue weighted by Gasteiger charge is 2.10. The first-order valence-electron chi connectivity index (χ1n) is 8.85. The monoisotopic (exact) mass is 336 g/mol. The minimum atomic E-state index is 0.947. The number of rotatable bonds is 0.